The van der Waals surface area contributed by atoms with Crippen LogP contribution in [0.15, 0.2) is 48.5 Å². The number of hydrogen-bond acceptors (Lipinski definition) is 4. The molecule has 0 bridgehead atoms. The van der Waals surface area contributed by atoms with Crippen LogP contribution in [0.2, 0.25) is 0 Å². The minimum absolute atomic E-state index is 0.0519. The molecule has 4 rings (SSSR count). The first-order valence-electron chi connectivity index (χ1n) is 11.1. The Balaban J connectivity index is 1.50. The average Bonchev–Trinajstić information content (AvgIpc) is 3.23. The first-order chi connectivity index (χ1) is 15.4. The first kappa shape index (κ1) is 22.3. The summed E-state index contributed by atoms with van der Waals surface area (Å²) in [4.78, 5) is 30.4. The number of amides is 2. The number of benzene rings is 2. The number of carbonyl (C=O) groups is 2. The molecule has 2 fully saturated rings. The van der Waals surface area contributed by atoms with E-state index in [1.165, 1.54) is 12.1 Å². The average molecular weight is 440 g/mol. The van der Waals surface area contributed by atoms with E-state index < -0.39 is 0 Å². The number of likely N-dealkylation sites (N-methyl/N-ethyl adjacent to an activating group) is 1. The second kappa shape index (κ2) is 9.69. The Morgan fingerprint density at radius 1 is 0.969 bits per heavy atom. The van der Waals surface area contributed by atoms with Crippen molar-refractivity contribution in [1.82, 2.24) is 15.1 Å². The monoisotopic (exact) mass is 439 g/mol. The van der Waals surface area contributed by atoms with Crippen LogP contribution in [0.3, 0.4) is 0 Å². The van der Waals surface area contributed by atoms with Crippen molar-refractivity contribution in [3.63, 3.8) is 0 Å². The molecule has 1 N–H and O–H groups in total. The molecule has 1 aliphatic carbocycles. The fourth-order valence-electron chi connectivity index (χ4n) is 4.78. The summed E-state index contributed by atoms with van der Waals surface area (Å²) >= 11 is 0. The second-order valence-electron chi connectivity index (χ2n) is 8.76. The quantitative estimate of drug-likeness (QED) is 0.778. The lowest BCUT2D eigenvalue weighted by Crippen LogP contribution is -2.49. The van der Waals surface area contributed by atoms with Gasteiger partial charge in [0.2, 0.25) is 5.91 Å². The molecule has 2 aromatic carbocycles. The van der Waals surface area contributed by atoms with Gasteiger partial charge in [-0.25, -0.2) is 4.39 Å². The maximum Gasteiger partial charge on any atom is 0.251 e. The highest BCUT2D eigenvalue weighted by Crippen LogP contribution is 2.41. The van der Waals surface area contributed by atoms with Gasteiger partial charge >= 0.3 is 0 Å². The molecular weight excluding hydrogens is 409 g/mol. The normalized spacial score (nSPS) is 23.7. The summed E-state index contributed by atoms with van der Waals surface area (Å²) in [7, 11) is 3.64. The van der Waals surface area contributed by atoms with Crippen molar-refractivity contribution in [2.24, 2.45) is 5.92 Å². The Morgan fingerprint density at radius 2 is 1.62 bits per heavy atom. The molecule has 2 aromatic rings. The highest BCUT2D eigenvalue weighted by Gasteiger charge is 2.42. The van der Waals surface area contributed by atoms with E-state index >= 15 is 0 Å². The van der Waals surface area contributed by atoms with Crippen LogP contribution in [0, 0.1) is 11.7 Å². The third kappa shape index (κ3) is 4.93. The van der Waals surface area contributed by atoms with Crippen LogP contribution < -0.4 is 10.1 Å². The summed E-state index contributed by atoms with van der Waals surface area (Å²) in [5, 5.41) is 3.11. The molecule has 2 amide bonds. The Morgan fingerprint density at radius 3 is 2.25 bits per heavy atom. The van der Waals surface area contributed by atoms with Crippen molar-refractivity contribution in [2.45, 2.75) is 24.8 Å². The van der Waals surface area contributed by atoms with Crippen LogP contribution in [0.4, 0.5) is 4.39 Å². The number of ether oxygens (including phenoxy) is 1. The van der Waals surface area contributed by atoms with Gasteiger partial charge in [0.05, 0.1) is 7.11 Å². The largest absolute Gasteiger partial charge is 0.497 e. The second-order valence-corrected chi connectivity index (χ2v) is 8.76. The zero-order chi connectivity index (χ0) is 22.7. The lowest BCUT2D eigenvalue weighted by atomic mass is 9.87. The maximum atomic E-state index is 13.5. The topological polar surface area (TPSA) is 61.9 Å². The summed E-state index contributed by atoms with van der Waals surface area (Å²) < 4.78 is 18.7. The predicted molar refractivity (Wildman–Crippen MR) is 120 cm³/mol. The van der Waals surface area contributed by atoms with Gasteiger partial charge in [0.15, 0.2) is 0 Å². The molecule has 6 nitrogen and oxygen atoms in total. The van der Waals surface area contributed by atoms with Gasteiger partial charge in [-0.1, -0.05) is 12.1 Å². The Bertz CT molecular complexity index is 940. The third-order valence-corrected chi connectivity index (χ3v) is 6.68. The number of hydrogen-bond donors (Lipinski definition) is 1. The Hall–Kier alpha value is -2.93. The molecule has 3 atom stereocenters. The van der Waals surface area contributed by atoms with E-state index in [2.05, 4.69) is 17.3 Å². The van der Waals surface area contributed by atoms with Crippen molar-refractivity contribution in [2.75, 3.05) is 40.3 Å². The number of methoxy groups -OCH3 is 1. The SMILES string of the molecule is COc1ccc(C(=O)N[C@@H]2C[C@H](C(=O)N3CCN(C)CC3)[C@@H](c3ccc(F)cc3)C2)cc1. The van der Waals surface area contributed by atoms with Gasteiger partial charge in [-0.05, 0) is 67.8 Å². The summed E-state index contributed by atoms with van der Waals surface area (Å²) in [6.07, 6.45) is 1.23. The summed E-state index contributed by atoms with van der Waals surface area (Å²) in [5.41, 5.74) is 1.50. The van der Waals surface area contributed by atoms with Crippen LogP contribution >= 0.6 is 0 Å². The van der Waals surface area contributed by atoms with Crippen LogP contribution in [-0.2, 0) is 4.79 Å². The number of nitrogens with one attached hydrogen (secondary N) is 1. The molecule has 0 unspecified atom stereocenters. The van der Waals surface area contributed by atoms with Crippen LogP contribution in [0.25, 0.3) is 0 Å². The first-order valence-corrected chi connectivity index (χ1v) is 11.1. The van der Waals surface area contributed by atoms with Crippen LogP contribution in [0.5, 0.6) is 5.75 Å². The lowest BCUT2D eigenvalue weighted by Gasteiger charge is -2.35. The van der Waals surface area contributed by atoms with Crippen molar-refractivity contribution in [3.8, 4) is 5.75 Å². The summed E-state index contributed by atoms with van der Waals surface area (Å²) in [6, 6.07) is 13.2. The van der Waals surface area contributed by atoms with Gasteiger partial charge in [-0.3, -0.25) is 9.59 Å². The zero-order valence-electron chi connectivity index (χ0n) is 18.6. The smallest absolute Gasteiger partial charge is 0.251 e. The van der Waals surface area contributed by atoms with Gasteiger partial charge in [0, 0.05) is 43.7 Å². The fourth-order valence-corrected chi connectivity index (χ4v) is 4.78. The van der Waals surface area contributed by atoms with Crippen molar-refractivity contribution >= 4 is 11.8 Å². The molecule has 0 radical (unpaired) electrons. The van der Waals surface area contributed by atoms with E-state index in [0.29, 0.717) is 37.2 Å². The molecule has 7 heteroatoms. The van der Waals surface area contributed by atoms with Gasteiger partial charge in [0.1, 0.15) is 11.6 Å². The predicted octanol–water partition coefficient (Wildman–Crippen LogP) is 2.90. The van der Waals surface area contributed by atoms with Crippen molar-refractivity contribution in [1.29, 1.82) is 0 Å². The molecule has 32 heavy (non-hydrogen) atoms. The van der Waals surface area contributed by atoms with E-state index in [9.17, 15) is 14.0 Å². The molecule has 1 saturated heterocycles. The van der Waals surface area contributed by atoms with Gasteiger partial charge in [-0.2, -0.15) is 0 Å². The number of halogens is 1. The minimum Gasteiger partial charge on any atom is -0.497 e. The molecule has 1 saturated carbocycles. The van der Waals surface area contributed by atoms with Crippen LogP contribution in [0.1, 0.15) is 34.7 Å². The molecule has 2 aliphatic rings. The van der Waals surface area contributed by atoms with Crippen molar-refractivity contribution < 1.29 is 18.7 Å². The third-order valence-electron chi connectivity index (χ3n) is 6.68. The van der Waals surface area contributed by atoms with E-state index in [1.54, 1.807) is 43.5 Å². The van der Waals surface area contributed by atoms with Gasteiger partial charge in [0.25, 0.3) is 5.91 Å². The molecule has 1 heterocycles. The Labute approximate surface area is 188 Å². The number of nitrogens with zero attached hydrogens (tertiary/aromatic N) is 2. The minimum atomic E-state index is -0.293. The summed E-state index contributed by atoms with van der Waals surface area (Å²) in [6.45, 7) is 3.14. The molecule has 0 aromatic heterocycles. The van der Waals surface area contributed by atoms with Gasteiger partial charge in [-0.15, -0.1) is 0 Å². The standard InChI is InChI=1S/C25H30FN3O3/c1-28-11-13-29(14-12-28)25(31)23-16-20(15-22(23)17-3-7-19(26)8-4-17)27-24(30)18-5-9-21(32-2)10-6-18/h3-10,20,22-23H,11-16H2,1-2H3,(H,27,30)/t20-,22+,23-/m0/s1. The van der Waals surface area contributed by atoms with E-state index in [0.717, 1.165) is 18.7 Å². The summed E-state index contributed by atoms with van der Waals surface area (Å²) in [5.74, 6) is 0.0838. The zero-order valence-corrected chi connectivity index (χ0v) is 18.6. The fraction of sp³-hybridized carbons (Fsp3) is 0.440. The highest BCUT2D eigenvalue weighted by molar-refractivity contribution is 5.94. The molecule has 1 aliphatic heterocycles. The lowest BCUT2D eigenvalue weighted by molar-refractivity contribution is -0.137. The van der Waals surface area contributed by atoms with E-state index in [1.807, 2.05) is 4.90 Å². The molecule has 170 valence electrons. The highest BCUT2D eigenvalue weighted by atomic mass is 19.1. The van der Waals surface area contributed by atoms with E-state index in [-0.39, 0.29) is 35.5 Å². The molecular formula is C25H30FN3O3. The number of rotatable bonds is 5. The Kier molecular flexibility index (Phi) is 6.74. The maximum absolute atomic E-state index is 13.5. The molecule has 0 spiro atoms. The van der Waals surface area contributed by atoms with Gasteiger partial charge < -0.3 is 19.9 Å². The van der Waals surface area contributed by atoms with Crippen LogP contribution in [-0.4, -0.2) is 68.0 Å². The van der Waals surface area contributed by atoms with Crippen molar-refractivity contribution in [3.05, 3.63) is 65.5 Å². The number of piperazine rings is 1. The van der Waals surface area contributed by atoms with E-state index in [4.69, 9.17) is 4.74 Å². The number of carbonyl (C=O) groups excluding carboxylic acids is 2.